The van der Waals surface area contributed by atoms with Crippen molar-refractivity contribution < 1.29 is 0 Å². The zero-order valence-electron chi connectivity index (χ0n) is 2.31. The summed E-state index contributed by atoms with van der Waals surface area (Å²) in [5.74, 6) is 1.76. The Bertz CT molecular complexity index is 11.5. The Morgan fingerprint density at radius 2 is 1.00 bits per heavy atom. The minimum absolute atomic E-state index is 0. The molecule has 4 heteroatoms. The van der Waals surface area contributed by atoms with Crippen LogP contribution in [0.2, 0.25) is 0 Å². The van der Waals surface area contributed by atoms with Gasteiger partial charge in [-0.2, -0.15) is 25.3 Å². The Balaban J connectivity index is -0.0000000450. The van der Waals surface area contributed by atoms with E-state index in [0.717, 1.165) is 11.5 Å². The fraction of sp³-hybridized carbons (Fsp3) is 1.00. The van der Waals surface area contributed by atoms with Gasteiger partial charge >= 0.3 is 37.7 Å². The second-order valence-electron chi connectivity index (χ2n) is 0.447. The molecule has 0 saturated carbocycles. The summed E-state index contributed by atoms with van der Waals surface area (Å²) in [6.45, 7) is 0. The molecular weight excluding hydrogens is 102 g/mol. The van der Waals surface area contributed by atoms with Crippen LogP contribution in [0.3, 0.4) is 0 Å². The van der Waals surface area contributed by atoms with E-state index in [4.69, 9.17) is 0 Å². The molecular formula is C2H8Li2S2. The molecule has 0 aromatic heterocycles. The average molecular weight is 110 g/mol. The molecule has 0 saturated heterocycles. The zero-order valence-corrected chi connectivity index (χ0v) is 4.10. The van der Waals surface area contributed by atoms with Gasteiger partial charge in [-0.1, -0.05) is 0 Å². The van der Waals surface area contributed by atoms with Crippen molar-refractivity contribution in [2.45, 2.75) is 0 Å². The van der Waals surface area contributed by atoms with Crippen LogP contribution >= 0.6 is 25.3 Å². The number of rotatable bonds is 1. The number of hydrogen-bond acceptors (Lipinski definition) is 2. The molecule has 0 N–H and O–H groups in total. The topological polar surface area (TPSA) is 0 Å². The van der Waals surface area contributed by atoms with Gasteiger partial charge in [-0.25, -0.2) is 0 Å². The van der Waals surface area contributed by atoms with Gasteiger partial charge in [0.1, 0.15) is 0 Å². The van der Waals surface area contributed by atoms with Crippen molar-refractivity contribution in [3.05, 3.63) is 0 Å². The first kappa shape index (κ1) is 15.7. The minimum atomic E-state index is 0. The quantitative estimate of drug-likeness (QED) is 0.331. The van der Waals surface area contributed by atoms with E-state index >= 15 is 0 Å². The first-order chi connectivity index (χ1) is 1.91. The molecule has 0 aliphatic heterocycles. The van der Waals surface area contributed by atoms with Gasteiger partial charge in [0.05, 0.1) is 0 Å². The van der Waals surface area contributed by atoms with E-state index in [2.05, 4.69) is 25.3 Å². The maximum atomic E-state index is 3.84. The van der Waals surface area contributed by atoms with Crippen LogP contribution in [0.5, 0.6) is 0 Å². The standard InChI is InChI=1S/C2H6S2.2Li.2H/c3-1-2-4;;;;/h3-4H,1-2H2;;;;. The van der Waals surface area contributed by atoms with Crippen molar-refractivity contribution in [1.29, 1.82) is 0 Å². The molecule has 0 aromatic carbocycles. The van der Waals surface area contributed by atoms with E-state index in [1.807, 2.05) is 0 Å². The summed E-state index contributed by atoms with van der Waals surface area (Å²) < 4.78 is 0. The third kappa shape index (κ3) is 16.9. The van der Waals surface area contributed by atoms with E-state index in [-0.39, 0.29) is 37.7 Å². The first-order valence-electron chi connectivity index (χ1n) is 1.13. The molecule has 0 radical (unpaired) electrons. The first-order valence-corrected chi connectivity index (χ1v) is 2.40. The molecule has 0 aliphatic rings. The third-order valence-corrected chi connectivity index (χ3v) is 0.900. The van der Waals surface area contributed by atoms with Gasteiger partial charge in [-0.05, 0) is 11.5 Å². The molecule has 0 atom stereocenters. The van der Waals surface area contributed by atoms with Crippen molar-refractivity contribution in [2.75, 3.05) is 11.5 Å². The van der Waals surface area contributed by atoms with Crippen molar-refractivity contribution >= 4 is 63.0 Å². The SMILES string of the molecule is SCCS.[LiH].[LiH]. The van der Waals surface area contributed by atoms with Gasteiger partial charge in [-0.15, -0.1) is 0 Å². The van der Waals surface area contributed by atoms with Crippen molar-refractivity contribution in [1.82, 2.24) is 0 Å². The molecule has 0 aromatic rings. The normalized spacial score (nSPS) is 5.00. The van der Waals surface area contributed by atoms with Crippen LogP contribution in [0, 0.1) is 0 Å². The molecule has 0 heterocycles. The van der Waals surface area contributed by atoms with Crippen LogP contribution in [-0.2, 0) is 0 Å². The Morgan fingerprint density at radius 3 is 1.00 bits per heavy atom. The van der Waals surface area contributed by atoms with Crippen molar-refractivity contribution in [3.63, 3.8) is 0 Å². The van der Waals surface area contributed by atoms with Gasteiger partial charge in [-0.3, -0.25) is 0 Å². The molecule has 0 aliphatic carbocycles. The summed E-state index contributed by atoms with van der Waals surface area (Å²) in [5, 5.41) is 0. The van der Waals surface area contributed by atoms with E-state index in [0.29, 0.717) is 0 Å². The number of hydrogen-bond donors (Lipinski definition) is 2. The van der Waals surface area contributed by atoms with Crippen molar-refractivity contribution in [3.8, 4) is 0 Å². The van der Waals surface area contributed by atoms with Gasteiger partial charge in [0.15, 0.2) is 0 Å². The van der Waals surface area contributed by atoms with E-state index in [1.54, 1.807) is 0 Å². The Labute approximate surface area is 74.0 Å². The van der Waals surface area contributed by atoms with Crippen LogP contribution in [0.25, 0.3) is 0 Å². The summed E-state index contributed by atoms with van der Waals surface area (Å²) in [5.41, 5.74) is 0. The molecule has 30 valence electrons. The Hall–Kier alpha value is 1.89. The van der Waals surface area contributed by atoms with Gasteiger partial charge in [0, 0.05) is 0 Å². The molecule has 0 fully saturated rings. The molecule has 0 unspecified atom stereocenters. The Kier molecular flexibility index (Phi) is 41.2. The van der Waals surface area contributed by atoms with Crippen LogP contribution in [0.4, 0.5) is 0 Å². The zero-order chi connectivity index (χ0) is 3.41. The summed E-state index contributed by atoms with van der Waals surface area (Å²) in [4.78, 5) is 0. The van der Waals surface area contributed by atoms with E-state index < -0.39 is 0 Å². The van der Waals surface area contributed by atoms with Crippen LogP contribution in [0.1, 0.15) is 0 Å². The molecule has 0 rings (SSSR count). The van der Waals surface area contributed by atoms with E-state index in [9.17, 15) is 0 Å². The average Bonchev–Trinajstić information content (AvgIpc) is 1.37. The van der Waals surface area contributed by atoms with Crippen molar-refractivity contribution in [2.24, 2.45) is 0 Å². The molecule has 0 bridgehead atoms. The van der Waals surface area contributed by atoms with E-state index in [1.165, 1.54) is 0 Å². The fourth-order valence-corrected chi connectivity index (χ4v) is 0. The molecule has 6 heavy (non-hydrogen) atoms. The Morgan fingerprint density at radius 1 is 0.833 bits per heavy atom. The summed E-state index contributed by atoms with van der Waals surface area (Å²) >= 11 is 7.69. The monoisotopic (exact) mass is 110 g/mol. The van der Waals surface area contributed by atoms with Crippen LogP contribution in [-0.4, -0.2) is 49.2 Å². The number of thiol groups is 2. The van der Waals surface area contributed by atoms with Crippen LogP contribution < -0.4 is 0 Å². The summed E-state index contributed by atoms with van der Waals surface area (Å²) in [7, 11) is 0. The van der Waals surface area contributed by atoms with Gasteiger partial charge < -0.3 is 0 Å². The second-order valence-corrected chi connectivity index (χ2v) is 1.34. The molecule has 0 nitrogen and oxygen atoms in total. The molecule has 0 amide bonds. The van der Waals surface area contributed by atoms with Gasteiger partial charge in [0.2, 0.25) is 0 Å². The molecule has 0 spiro atoms. The summed E-state index contributed by atoms with van der Waals surface area (Å²) in [6, 6.07) is 0. The van der Waals surface area contributed by atoms with Gasteiger partial charge in [0.25, 0.3) is 0 Å². The summed E-state index contributed by atoms with van der Waals surface area (Å²) in [6.07, 6.45) is 0. The maximum absolute atomic E-state index is 3.84. The second kappa shape index (κ2) is 15.8. The predicted octanol–water partition coefficient (Wildman–Crippen LogP) is -0.451. The fourth-order valence-electron chi connectivity index (χ4n) is 0. The van der Waals surface area contributed by atoms with Crippen LogP contribution in [0.15, 0.2) is 0 Å². The third-order valence-electron chi connectivity index (χ3n) is 0.1000. The predicted molar refractivity (Wildman–Crippen MR) is 42.0 cm³/mol.